The Balaban J connectivity index is 4.26. The summed E-state index contributed by atoms with van der Waals surface area (Å²) in [4.78, 5) is 11.4. The molecule has 0 unspecified atom stereocenters. The molecular weight excluding hydrogens is 148 g/mol. The van der Waals surface area contributed by atoms with Crippen LogP contribution in [0.2, 0.25) is 0 Å². The van der Waals surface area contributed by atoms with Gasteiger partial charge in [-0.05, 0) is 25.3 Å². The van der Waals surface area contributed by atoms with Crippen molar-refractivity contribution in [3.8, 4) is 0 Å². The lowest BCUT2D eigenvalue weighted by Gasteiger charge is -2.10. The van der Waals surface area contributed by atoms with Gasteiger partial charge in [0.1, 0.15) is 0 Å². The first-order valence-electron chi connectivity index (χ1n) is 4.05. The zero-order chi connectivity index (χ0) is 9.56. The zero-order valence-electron chi connectivity index (χ0n) is 7.68. The molecule has 0 spiro atoms. The Hall–Kier alpha value is -1.11. The molecule has 0 aliphatic carbocycles. The molecular formula is C11H16O. The van der Waals surface area contributed by atoms with Crippen LogP contribution >= 0.6 is 0 Å². The van der Waals surface area contributed by atoms with Gasteiger partial charge in [-0.1, -0.05) is 18.7 Å². The van der Waals surface area contributed by atoms with E-state index < -0.39 is 0 Å². The third-order valence-electron chi connectivity index (χ3n) is 1.69. The van der Waals surface area contributed by atoms with Crippen LogP contribution in [0.25, 0.3) is 0 Å². The zero-order valence-corrected chi connectivity index (χ0v) is 7.68. The molecule has 1 nitrogen and oxygen atoms in total. The maximum atomic E-state index is 11.4. The fraction of sp³-hybridized carbons (Fsp3) is 0.364. The van der Waals surface area contributed by atoms with Crippen LogP contribution in [0.5, 0.6) is 0 Å². The van der Waals surface area contributed by atoms with Crippen molar-refractivity contribution in [3.63, 3.8) is 0 Å². The summed E-state index contributed by atoms with van der Waals surface area (Å²) in [5.41, 5.74) is 0.615. The fourth-order valence-corrected chi connectivity index (χ4v) is 1.06. The standard InChI is InChI=1S/C11H16O/c1-5-7-10(8-6-2)11(12)9(3)4/h5-6,10H,1-3,7-8H2,4H3. The molecule has 66 valence electrons. The molecule has 0 heterocycles. The van der Waals surface area contributed by atoms with Gasteiger partial charge in [0.2, 0.25) is 0 Å². The van der Waals surface area contributed by atoms with Crippen molar-refractivity contribution in [2.75, 3.05) is 0 Å². The lowest BCUT2D eigenvalue weighted by molar-refractivity contribution is -0.118. The second kappa shape index (κ2) is 5.53. The quantitative estimate of drug-likeness (QED) is 0.436. The highest BCUT2D eigenvalue weighted by atomic mass is 16.1. The molecule has 0 aromatic carbocycles. The molecule has 0 aromatic heterocycles. The second-order valence-corrected chi connectivity index (χ2v) is 2.89. The Labute approximate surface area is 74.5 Å². The molecule has 0 radical (unpaired) electrons. The molecule has 0 amide bonds. The molecule has 0 aromatic rings. The molecule has 0 saturated heterocycles. The Morgan fingerprint density at radius 3 is 2.00 bits per heavy atom. The van der Waals surface area contributed by atoms with Gasteiger partial charge in [-0.15, -0.1) is 13.2 Å². The van der Waals surface area contributed by atoms with E-state index in [-0.39, 0.29) is 11.7 Å². The lowest BCUT2D eigenvalue weighted by Crippen LogP contribution is -2.13. The van der Waals surface area contributed by atoms with E-state index in [9.17, 15) is 4.79 Å². The van der Waals surface area contributed by atoms with Crippen LogP contribution in [0.3, 0.4) is 0 Å². The fourth-order valence-electron chi connectivity index (χ4n) is 1.06. The number of hydrogen-bond acceptors (Lipinski definition) is 1. The summed E-state index contributed by atoms with van der Waals surface area (Å²) >= 11 is 0. The summed E-state index contributed by atoms with van der Waals surface area (Å²) in [5.74, 6) is 0.118. The number of Topliss-reactive ketones (excluding diaryl/α,β-unsaturated/α-hetero) is 1. The van der Waals surface area contributed by atoms with E-state index in [4.69, 9.17) is 0 Å². The first-order chi connectivity index (χ1) is 5.63. The summed E-state index contributed by atoms with van der Waals surface area (Å²) in [7, 11) is 0. The molecule has 12 heavy (non-hydrogen) atoms. The summed E-state index contributed by atoms with van der Waals surface area (Å²) in [6, 6.07) is 0. The first-order valence-corrected chi connectivity index (χ1v) is 4.05. The van der Waals surface area contributed by atoms with Crippen molar-refractivity contribution in [2.24, 2.45) is 5.92 Å². The van der Waals surface area contributed by atoms with Gasteiger partial charge < -0.3 is 0 Å². The van der Waals surface area contributed by atoms with Crippen molar-refractivity contribution >= 4 is 5.78 Å². The summed E-state index contributed by atoms with van der Waals surface area (Å²) < 4.78 is 0. The number of carbonyl (C=O) groups excluding carboxylic acids is 1. The average molecular weight is 164 g/mol. The molecule has 0 fully saturated rings. The summed E-state index contributed by atoms with van der Waals surface area (Å²) in [6.07, 6.45) is 4.93. The SMILES string of the molecule is C=CCC(CC=C)C(=O)C(=C)C. The van der Waals surface area contributed by atoms with Gasteiger partial charge in [-0.25, -0.2) is 0 Å². The molecule has 0 saturated carbocycles. The number of hydrogen-bond donors (Lipinski definition) is 0. The number of allylic oxidation sites excluding steroid dienone is 3. The summed E-state index contributed by atoms with van der Waals surface area (Å²) in [6.45, 7) is 12.6. The Bertz CT molecular complexity index is 191. The maximum absolute atomic E-state index is 11.4. The van der Waals surface area contributed by atoms with Gasteiger partial charge in [0.15, 0.2) is 5.78 Å². The minimum absolute atomic E-state index is 0.00231. The largest absolute Gasteiger partial charge is 0.294 e. The van der Waals surface area contributed by atoms with E-state index in [2.05, 4.69) is 19.7 Å². The van der Waals surface area contributed by atoms with E-state index in [1.54, 1.807) is 19.1 Å². The van der Waals surface area contributed by atoms with Crippen molar-refractivity contribution < 1.29 is 4.79 Å². The van der Waals surface area contributed by atoms with E-state index >= 15 is 0 Å². The van der Waals surface area contributed by atoms with E-state index in [1.807, 2.05) is 0 Å². The van der Waals surface area contributed by atoms with Crippen LogP contribution in [0.1, 0.15) is 19.8 Å². The van der Waals surface area contributed by atoms with Gasteiger partial charge in [0.25, 0.3) is 0 Å². The lowest BCUT2D eigenvalue weighted by atomic mass is 9.93. The molecule has 0 aliphatic rings. The average Bonchev–Trinajstić information content (AvgIpc) is 2.03. The van der Waals surface area contributed by atoms with E-state index in [0.29, 0.717) is 18.4 Å². The number of ketones is 1. The molecule has 0 atom stereocenters. The third-order valence-corrected chi connectivity index (χ3v) is 1.69. The molecule has 1 heteroatoms. The normalized spacial score (nSPS) is 9.50. The Morgan fingerprint density at radius 2 is 1.75 bits per heavy atom. The highest BCUT2D eigenvalue weighted by Gasteiger charge is 2.15. The van der Waals surface area contributed by atoms with Gasteiger partial charge in [0.05, 0.1) is 0 Å². The number of carbonyl (C=O) groups is 1. The smallest absolute Gasteiger partial charge is 0.161 e. The predicted molar refractivity (Wildman–Crippen MR) is 52.9 cm³/mol. The van der Waals surface area contributed by atoms with Crippen molar-refractivity contribution in [1.29, 1.82) is 0 Å². The van der Waals surface area contributed by atoms with E-state index in [0.717, 1.165) is 0 Å². The highest BCUT2D eigenvalue weighted by molar-refractivity contribution is 5.96. The van der Waals surface area contributed by atoms with Crippen molar-refractivity contribution in [1.82, 2.24) is 0 Å². The van der Waals surface area contributed by atoms with Crippen LogP contribution in [-0.2, 0) is 4.79 Å². The minimum atomic E-state index is -0.00231. The predicted octanol–water partition coefficient (Wildman–Crippen LogP) is 2.90. The topological polar surface area (TPSA) is 17.1 Å². The monoisotopic (exact) mass is 164 g/mol. The number of rotatable bonds is 6. The Morgan fingerprint density at radius 1 is 1.33 bits per heavy atom. The van der Waals surface area contributed by atoms with Crippen LogP contribution in [0.4, 0.5) is 0 Å². The molecule has 0 rings (SSSR count). The molecule has 0 aliphatic heterocycles. The van der Waals surface area contributed by atoms with Gasteiger partial charge >= 0.3 is 0 Å². The first kappa shape index (κ1) is 10.9. The van der Waals surface area contributed by atoms with E-state index in [1.165, 1.54) is 0 Å². The van der Waals surface area contributed by atoms with Crippen molar-refractivity contribution in [2.45, 2.75) is 19.8 Å². The highest BCUT2D eigenvalue weighted by Crippen LogP contribution is 2.14. The van der Waals surface area contributed by atoms with Gasteiger partial charge in [-0.2, -0.15) is 0 Å². The Kier molecular flexibility index (Phi) is 5.02. The third kappa shape index (κ3) is 3.33. The van der Waals surface area contributed by atoms with Crippen LogP contribution in [-0.4, -0.2) is 5.78 Å². The molecule has 0 N–H and O–H groups in total. The van der Waals surface area contributed by atoms with Crippen LogP contribution < -0.4 is 0 Å². The maximum Gasteiger partial charge on any atom is 0.161 e. The summed E-state index contributed by atoms with van der Waals surface area (Å²) in [5, 5.41) is 0. The van der Waals surface area contributed by atoms with Crippen LogP contribution in [0, 0.1) is 5.92 Å². The second-order valence-electron chi connectivity index (χ2n) is 2.89. The molecule has 0 bridgehead atoms. The van der Waals surface area contributed by atoms with Gasteiger partial charge in [0, 0.05) is 5.92 Å². The van der Waals surface area contributed by atoms with Crippen molar-refractivity contribution in [3.05, 3.63) is 37.5 Å². The van der Waals surface area contributed by atoms with Gasteiger partial charge in [-0.3, -0.25) is 4.79 Å². The minimum Gasteiger partial charge on any atom is -0.294 e. The van der Waals surface area contributed by atoms with Crippen LogP contribution in [0.15, 0.2) is 37.5 Å².